The summed E-state index contributed by atoms with van der Waals surface area (Å²) >= 11 is 0. The first-order valence-corrected chi connectivity index (χ1v) is 6.93. The van der Waals surface area contributed by atoms with E-state index in [1.54, 1.807) is 18.5 Å². The van der Waals surface area contributed by atoms with Gasteiger partial charge in [-0.3, -0.25) is 15.1 Å². The molecule has 0 fully saturated rings. The van der Waals surface area contributed by atoms with Crippen LogP contribution in [0.2, 0.25) is 0 Å². The molecule has 0 aliphatic carbocycles. The monoisotopic (exact) mass is 306 g/mol. The molecule has 2 aromatic rings. The largest absolute Gasteiger partial charge is 0.436 e. The van der Waals surface area contributed by atoms with Crippen molar-refractivity contribution in [1.29, 1.82) is 0 Å². The summed E-state index contributed by atoms with van der Waals surface area (Å²) in [6.07, 6.45) is 4.03. The van der Waals surface area contributed by atoms with E-state index in [2.05, 4.69) is 15.2 Å². The molecule has 0 amide bonds. The number of nitrogens with zero attached hydrogens (tertiary/aromatic N) is 4. The molecule has 7 heteroatoms. The minimum atomic E-state index is -0.428. The highest BCUT2D eigenvalue weighted by atomic mass is 16.6. The van der Waals surface area contributed by atoms with Crippen LogP contribution >= 0.6 is 0 Å². The van der Waals surface area contributed by atoms with Crippen LogP contribution in [0.15, 0.2) is 53.2 Å². The van der Waals surface area contributed by atoms with E-state index in [9.17, 15) is 10.1 Å². The Bertz CT molecular complexity index is 981. The molecule has 7 nitrogen and oxygen atoms in total. The molecule has 1 aromatic heterocycles. The number of rotatable bonds is 3. The summed E-state index contributed by atoms with van der Waals surface area (Å²) < 4.78 is 5.69. The van der Waals surface area contributed by atoms with Crippen molar-refractivity contribution in [2.24, 2.45) is 0 Å². The van der Waals surface area contributed by atoms with E-state index < -0.39 is 4.92 Å². The Balaban J connectivity index is 1.83. The van der Waals surface area contributed by atoms with Crippen molar-refractivity contribution in [3.63, 3.8) is 0 Å². The molecule has 0 bridgehead atoms. The smallest absolute Gasteiger partial charge is 0.270 e. The quantitative estimate of drug-likeness (QED) is 0.426. The fraction of sp³-hybridized carbons (Fsp3) is 0.0625. The lowest BCUT2D eigenvalue weighted by molar-refractivity contribution is -0.384. The summed E-state index contributed by atoms with van der Waals surface area (Å²) in [5, 5.41) is 19.8. The first-order chi connectivity index (χ1) is 11.2. The van der Waals surface area contributed by atoms with Crippen LogP contribution in [0.4, 0.5) is 5.69 Å². The van der Waals surface area contributed by atoms with Gasteiger partial charge in [-0.25, -0.2) is 0 Å². The lowest BCUT2D eigenvalue weighted by Gasteiger charge is -2.03. The summed E-state index contributed by atoms with van der Waals surface area (Å²) in [6, 6.07) is 10.1. The van der Waals surface area contributed by atoms with Gasteiger partial charge in [-0.1, -0.05) is 0 Å². The van der Waals surface area contributed by atoms with Crippen LogP contribution in [-0.2, 0) is 6.42 Å². The molecule has 0 saturated carbocycles. The third-order valence-corrected chi connectivity index (χ3v) is 3.63. The summed E-state index contributed by atoms with van der Waals surface area (Å²) in [6.45, 7) is 0. The van der Waals surface area contributed by atoms with E-state index in [-0.39, 0.29) is 5.69 Å². The Hall–Kier alpha value is -3.35. The first kappa shape index (κ1) is 13.3. The maximum Gasteiger partial charge on any atom is 0.270 e. The third-order valence-electron chi connectivity index (χ3n) is 3.63. The lowest BCUT2D eigenvalue weighted by Crippen LogP contribution is -1.91. The summed E-state index contributed by atoms with van der Waals surface area (Å²) in [7, 11) is 0. The summed E-state index contributed by atoms with van der Waals surface area (Å²) in [4.78, 5) is 14.5. The van der Waals surface area contributed by atoms with Crippen LogP contribution in [0.5, 0.6) is 0 Å². The van der Waals surface area contributed by atoms with E-state index in [0.717, 1.165) is 16.8 Å². The Morgan fingerprint density at radius 1 is 1.09 bits per heavy atom. The van der Waals surface area contributed by atoms with E-state index in [1.807, 2.05) is 18.2 Å². The number of fused-ring (bicyclic) bond motifs is 2. The molecule has 0 atom stereocenters. The summed E-state index contributed by atoms with van der Waals surface area (Å²) in [5.41, 5.74) is 3.15. The fourth-order valence-corrected chi connectivity index (χ4v) is 2.50. The maximum absolute atomic E-state index is 10.9. The van der Waals surface area contributed by atoms with Gasteiger partial charge in [0, 0.05) is 36.3 Å². The van der Waals surface area contributed by atoms with Gasteiger partial charge < -0.3 is 4.42 Å². The van der Waals surface area contributed by atoms with Crippen molar-refractivity contribution in [2.45, 2.75) is 6.42 Å². The number of nitro groups is 1. The van der Waals surface area contributed by atoms with Crippen molar-refractivity contribution in [1.82, 2.24) is 15.2 Å². The molecular formula is C16H10N4O3. The lowest BCUT2D eigenvalue weighted by atomic mass is 10.1. The normalized spacial score (nSPS) is 11.1. The molecule has 112 valence electrons. The van der Waals surface area contributed by atoms with Gasteiger partial charge in [0.15, 0.2) is 0 Å². The van der Waals surface area contributed by atoms with Gasteiger partial charge in [-0.2, -0.15) is 5.10 Å². The predicted octanol–water partition coefficient (Wildman–Crippen LogP) is 3.22. The van der Waals surface area contributed by atoms with Gasteiger partial charge in [0.1, 0.15) is 5.58 Å². The number of benzene rings is 1. The zero-order valence-corrected chi connectivity index (χ0v) is 11.8. The maximum atomic E-state index is 10.9. The molecule has 0 radical (unpaired) electrons. The van der Waals surface area contributed by atoms with Gasteiger partial charge in [-0.05, 0) is 29.8 Å². The van der Waals surface area contributed by atoms with Crippen LogP contribution in [0.3, 0.4) is 0 Å². The minimum absolute atomic E-state index is 0.0233. The number of aromatic nitrogens is 3. The first-order valence-electron chi connectivity index (χ1n) is 6.93. The van der Waals surface area contributed by atoms with Crippen molar-refractivity contribution in [3.05, 3.63) is 70.2 Å². The molecular weight excluding hydrogens is 296 g/mol. The van der Waals surface area contributed by atoms with Gasteiger partial charge in [0.05, 0.1) is 16.2 Å². The molecule has 0 N–H and O–H groups in total. The fourth-order valence-electron chi connectivity index (χ4n) is 2.50. The molecule has 0 saturated heterocycles. The SMILES string of the molecule is O=[N+]([O-])c1ccc2oc3nnc(Cc4ccncc4)c-3cc2c1. The number of non-ortho nitro benzene ring substituents is 1. The summed E-state index contributed by atoms with van der Waals surface area (Å²) in [5.74, 6) is 0.426. The van der Waals surface area contributed by atoms with E-state index >= 15 is 0 Å². The van der Waals surface area contributed by atoms with E-state index in [1.165, 1.54) is 12.1 Å². The number of hydrogen-bond acceptors (Lipinski definition) is 6. The van der Waals surface area contributed by atoms with Crippen LogP contribution < -0.4 is 0 Å². The Morgan fingerprint density at radius 2 is 1.91 bits per heavy atom. The molecule has 0 unspecified atom stereocenters. The second-order valence-electron chi connectivity index (χ2n) is 5.12. The standard InChI is InChI=1S/C16H10N4O3/c21-20(22)12-1-2-15-11(8-12)9-13-14(18-19-16(13)23-15)7-10-3-5-17-6-4-10/h1-6,8-9H,7H2. The average Bonchev–Trinajstić information content (AvgIpc) is 2.95. The topological polar surface area (TPSA) is 95.0 Å². The molecule has 2 aliphatic heterocycles. The van der Waals surface area contributed by atoms with E-state index in [0.29, 0.717) is 23.3 Å². The van der Waals surface area contributed by atoms with Gasteiger partial charge >= 0.3 is 0 Å². The number of hydrogen-bond donors (Lipinski definition) is 0. The Morgan fingerprint density at radius 3 is 2.70 bits per heavy atom. The zero-order chi connectivity index (χ0) is 15.8. The second-order valence-corrected chi connectivity index (χ2v) is 5.12. The van der Waals surface area contributed by atoms with Crippen molar-refractivity contribution in [2.75, 3.05) is 0 Å². The Kier molecular flexibility index (Phi) is 2.97. The number of pyridine rings is 1. The molecule has 0 spiro atoms. The van der Waals surface area contributed by atoms with Gasteiger partial charge in [0.25, 0.3) is 5.69 Å². The van der Waals surface area contributed by atoms with E-state index in [4.69, 9.17) is 4.42 Å². The highest BCUT2D eigenvalue weighted by Crippen LogP contribution is 2.31. The third kappa shape index (κ3) is 2.38. The van der Waals surface area contributed by atoms with Crippen LogP contribution in [-0.4, -0.2) is 20.1 Å². The molecule has 2 aliphatic rings. The highest BCUT2D eigenvalue weighted by molar-refractivity contribution is 5.84. The predicted molar refractivity (Wildman–Crippen MR) is 82.1 cm³/mol. The molecule has 23 heavy (non-hydrogen) atoms. The molecule has 4 rings (SSSR count). The van der Waals surface area contributed by atoms with Crippen molar-refractivity contribution >= 4 is 16.7 Å². The van der Waals surface area contributed by atoms with Crippen LogP contribution in [0.25, 0.3) is 22.4 Å². The van der Waals surface area contributed by atoms with Gasteiger partial charge in [0.2, 0.25) is 5.89 Å². The van der Waals surface area contributed by atoms with Gasteiger partial charge in [-0.15, -0.1) is 5.10 Å². The highest BCUT2D eigenvalue weighted by Gasteiger charge is 2.18. The molecule has 1 aromatic carbocycles. The Labute approximate surface area is 130 Å². The second kappa shape index (κ2) is 5.13. The van der Waals surface area contributed by atoms with Crippen molar-refractivity contribution in [3.8, 4) is 11.5 Å². The minimum Gasteiger partial charge on any atom is -0.436 e. The molecule has 3 heterocycles. The van der Waals surface area contributed by atoms with Crippen molar-refractivity contribution < 1.29 is 9.34 Å². The average molecular weight is 306 g/mol. The van der Waals surface area contributed by atoms with Crippen LogP contribution in [0.1, 0.15) is 11.3 Å². The number of nitro benzene ring substituents is 1. The van der Waals surface area contributed by atoms with Crippen LogP contribution in [0, 0.1) is 10.1 Å². The zero-order valence-electron chi connectivity index (χ0n) is 11.8.